The third kappa shape index (κ3) is 5.24. The molecule has 1 saturated heterocycles. The van der Waals surface area contributed by atoms with Crippen LogP contribution in [-0.2, 0) is 14.8 Å². The molecule has 0 bridgehead atoms. The minimum Gasteiger partial charge on any atom is -0.494 e. The van der Waals surface area contributed by atoms with Crippen LogP contribution in [0.3, 0.4) is 0 Å². The third-order valence-corrected chi connectivity index (χ3v) is 7.03. The topological polar surface area (TPSA) is 76.2 Å². The van der Waals surface area contributed by atoms with Gasteiger partial charge in [-0.05, 0) is 55.8 Å². The Hall–Kier alpha value is -2.29. The summed E-state index contributed by atoms with van der Waals surface area (Å²) in [4.78, 5) is 14.3. The second-order valence-corrected chi connectivity index (χ2v) is 9.26. The number of nitrogens with zero attached hydrogens (tertiary/aromatic N) is 2. The molecule has 0 atom stereocenters. The number of piperazine rings is 1. The van der Waals surface area contributed by atoms with Crippen LogP contribution in [0.4, 0.5) is 0 Å². The van der Waals surface area contributed by atoms with Crippen molar-refractivity contribution < 1.29 is 22.7 Å². The van der Waals surface area contributed by atoms with Crippen molar-refractivity contribution in [3.05, 3.63) is 53.1 Å². The number of aryl methyl sites for hydroxylation is 1. The molecule has 0 N–H and O–H groups in total. The van der Waals surface area contributed by atoms with Crippen molar-refractivity contribution in [3.8, 4) is 11.5 Å². The van der Waals surface area contributed by atoms with Gasteiger partial charge in [0, 0.05) is 26.2 Å². The Balaban J connectivity index is 1.55. The average molecular weight is 453 g/mol. The normalized spacial score (nSPS) is 15.1. The number of carbonyl (C=O) groups excluding carboxylic acids is 1. The van der Waals surface area contributed by atoms with E-state index in [1.165, 1.54) is 16.4 Å². The van der Waals surface area contributed by atoms with Gasteiger partial charge in [-0.3, -0.25) is 4.79 Å². The van der Waals surface area contributed by atoms with Gasteiger partial charge in [-0.15, -0.1) is 0 Å². The Morgan fingerprint density at radius 2 is 1.70 bits per heavy atom. The zero-order valence-electron chi connectivity index (χ0n) is 17.0. The third-order valence-electron chi connectivity index (χ3n) is 4.80. The predicted molar refractivity (Wildman–Crippen MR) is 115 cm³/mol. The maximum absolute atomic E-state index is 12.9. The second-order valence-electron chi connectivity index (χ2n) is 6.91. The second kappa shape index (κ2) is 9.68. The van der Waals surface area contributed by atoms with E-state index >= 15 is 0 Å². The van der Waals surface area contributed by atoms with Gasteiger partial charge in [0.1, 0.15) is 11.5 Å². The fourth-order valence-electron chi connectivity index (χ4n) is 3.15. The van der Waals surface area contributed by atoms with Gasteiger partial charge in [0.05, 0.1) is 16.5 Å². The Kier molecular flexibility index (Phi) is 7.23. The van der Waals surface area contributed by atoms with E-state index in [1.807, 2.05) is 19.9 Å². The van der Waals surface area contributed by atoms with Crippen molar-refractivity contribution in [1.29, 1.82) is 0 Å². The van der Waals surface area contributed by atoms with E-state index in [-0.39, 0.29) is 30.5 Å². The molecule has 0 saturated carbocycles. The number of halogens is 1. The highest BCUT2D eigenvalue weighted by atomic mass is 35.5. The van der Waals surface area contributed by atoms with Crippen LogP contribution < -0.4 is 9.47 Å². The molecular weight excluding hydrogens is 428 g/mol. The summed E-state index contributed by atoms with van der Waals surface area (Å²) in [5, 5.41) is 0.444. The van der Waals surface area contributed by atoms with E-state index in [9.17, 15) is 13.2 Å². The monoisotopic (exact) mass is 452 g/mol. The van der Waals surface area contributed by atoms with Crippen molar-refractivity contribution >= 4 is 27.5 Å². The number of hydrogen-bond donors (Lipinski definition) is 0. The average Bonchev–Trinajstić information content (AvgIpc) is 2.75. The summed E-state index contributed by atoms with van der Waals surface area (Å²) < 4.78 is 38.0. The number of hydrogen-bond acceptors (Lipinski definition) is 5. The first-order valence-corrected chi connectivity index (χ1v) is 11.5. The first-order valence-electron chi connectivity index (χ1n) is 9.71. The lowest BCUT2D eigenvalue weighted by molar-refractivity contribution is -0.134. The summed E-state index contributed by atoms with van der Waals surface area (Å²) >= 11 is 6.09. The van der Waals surface area contributed by atoms with E-state index < -0.39 is 10.0 Å². The van der Waals surface area contributed by atoms with Crippen LogP contribution in [0.25, 0.3) is 0 Å². The molecule has 2 aromatic carbocycles. The first kappa shape index (κ1) is 22.4. The van der Waals surface area contributed by atoms with Crippen molar-refractivity contribution in [2.45, 2.75) is 18.7 Å². The van der Waals surface area contributed by atoms with Crippen molar-refractivity contribution in [1.82, 2.24) is 9.21 Å². The molecule has 1 fully saturated rings. The zero-order chi connectivity index (χ0) is 21.7. The smallest absolute Gasteiger partial charge is 0.260 e. The zero-order valence-corrected chi connectivity index (χ0v) is 18.6. The molecule has 1 aliphatic rings. The van der Waals surface area contributed by atoms with Crippen LogP contribution in [0.5, 0.6) is 11.5 Å². The Labute approximate surface area is 182 Å². The molecule has 9 heteroatoms. The van der Waals surface area contributed by atoms with Crippen molar-refractivity contribution in [2.75, 3.05) is 39.4 Å². The van der Waals surface area contributed by atoms with E-state index in [4.69, 9.17) is 21.1 Å². The summed E-state index contributed by atoms with van der Waals surface area (Å²) in [6, 6.07) is 11.7. The maximum Gasteiger partial charge on any atom is 0.260 e. The van der Waals surface area contributed by atoms with Crippen LogP contribution in [0.15, 0.2) is 47.4 Å². The molecule has 30 heavy (non-hydrogen) atoms. The summed E-state index contributed by atoms with van der Waals surface area (Å²) in [5.74, 6) is 0.882. The molecule has 1 heterocycles. The maximum atomic E-state index is 12.9. The highest BCUT2D eigenvalue weighted by Gasteiger charge is 2.30. The van der Waals surface area contributed by atoms with Gasteiger partial charge in [-0.2, -0.15) is 4.31 Å². The number of rotatable bonds is 7. The van der Waals surface area contributed by atoms with Crippen LogP contribution in [0, 0.1) is 6.92 Å². The molecule has 0 radical (unpaired) electrons. The van der Waals surface area contributed by atoms with E-state index in [2.05, 4.69) is 0 Å². The summed E-state index contributed by atoms with van der Waals surface area (Å²) in [6.45, 7) is 5.22. The minimum atomic E-state index is -3.62. The highest BCUT2D eigenvalue weighted by molar-refractivity contribution is 7.89. The largest absolute Gasteiger partial charge is 0.494 e. The summed E-state index contributed by atoms with van der Waals surface area (Å²) in [5.41, 5.74) is 0.981. The fourth-order valence-corrected chi connectivity index (χ4v) is 4.75. The van der Waals surface area contributed by atoms with Gasteiger partial charge in [-0.1, -0.05) is 17.7 Å². The highest BCUT2D eigenvalue weighted by Crippen LogP contribution is 2.25. The molecule has 0 unspecified atom stereocenters. The van der Waals surface area contributed by atoms with Gasteiger partial charge in [0.25, 0.3) is 5.91 Å². The minimum absolute atomic E-state index is 0.144. The van der Waals surface area contributed by atoms with E-state index in [0.29, 0.717) is 36.2 Å². The lowest BCUT2D eigenvalue weighted by Gasteiger charge is -2.34. The SMILES string of the molecule is CCOc1ccc(S(=O)(=O)N2CCN(C(=O)COc3cc(C)ccc3Cl)CC2)cc1. The molecule has 1 aliphatic heterocycles. The Bertz CT molecular complexity index is 987. The fraction of sp³-hybridized carbons (Fsp3) is 0.381. The Morgan fingerprint density at radius 1 is 1.03 bits per heavy atom. The predicted octanol–water partition coefficient (Wildman–Crippen LogP) is 2.96. The molecule has 0 spiro atoms. The number of sulfonamides is 1. The van der Waals surface area contributed by atoms with Crippen molar-refractivity contribution in [3.63, 3.8) is 0 Å². The van der Waals surface area contributed by atoms with Gasteiger partial charge in [0.2, 0.25) is 10.0 Å². The molecule has 162 valence electrons. The van der Waals surface area contributed by atoms with E-state index in [1.54, 1.807) is 29.2 Å². The first-order chi connectivity index (χ1) is 14.3. The van der Waals surface area contributed by atoms with Gasteiger partial charge in [-0.25, -0.2) is 8.42 Å². The number of carbonyl (C=O) groups is 1. The molecule has 1 amide bonds. The van der Waals surface area contributed by atoms with Crippen LogP contribution in [0.2, 0.25) is 5.02 Å². The molecular formula is C21H25ClN2O5S. The number of amides is 1. The molecule has 2 aromatic rings. The number of benzene rings is 2. The van der Waals surface area contributed by atoms with Gasteiger partial charge >= 0.3 is 0 Å². The quantitative estimate of drug-likeness (QED) is 0.645. The van der Waals surface area contributed by atoms with Crippen LogP contribution >= 0.6 is 11.6 Å². The molecule has 0 aromatic heterocycles. The van der Waals surface area contributed by atoms with Crippen LogP contribution in [0.1, 0.15) is 12.5 Å². The lowest BCUT2D eigenvalue weighted by Crippen LogP contribution is -2.51. The molecule has 3 rings (SSSR count). The van der Waals surface area contributed by atoms with Crippen LogP contribution in [-0.4, -0.2) is 62.9 Å². The van der Waals surface area contributed by atoms with Crippen molar-refractivity contribution in [2.24, 2.45) is 0 Å². The number of ether oxygens (including phenoxy) is 2. The molecule has 7 nitrogen and oxygen atoms in total. The van der Waals surface area contributed by atoms with Gasteiger partial charge < -0.3 is 14.4 Å². The summed E-state index contributed by atoms with van der Waals surface area (Å²) in [6.07, 6.45) is 0. The van der Waals surface area contributed by atoms with E-state index in [0.717, 1.165) is 5.56 Å². The van der Waals surface area contributed by atoms with Gasteiger partial charge in [0.15, 0.2) is 6.61 Å². The molecule has 0 aliphatic carbocycles. The summed E-state index contributed by atoms with van der Waals surface area (Å²) in [7, 11) is -3.62. The lowest BCUT2D eigenvalue weighted by atomic mass is 10.2. The standard InChI is InChI=1S/C21H25ClN2O5S/c1-3-28-17-5-7-18(8-6-17)30(26,27)24-12-10-23(11-13-24)21(25)15-29-20-14-16(2)4-9-19(20)22/h4-9,14H,3,10-13,15H2,1-2H3. The Morgan fingerprint density at radius 3 is 2.33 bits per heavy atom.